The summed E-state index contributed by atoms with van der Waals surface area (Å²) in [5.74, 6) is -0.165. The van der Waals surface area contributed by atoms with Gasteiger partial charge in [0.05, 0.1) is 23.6 Å². The molecule has 30 heavy (non-hydrogen) atoms. The molecule has 0 spiro atoms. The van der Waals surface area contributed by atoms with Crippen molar-refractivity contribution in [2.75, 3.05) is 6.61 Å². The minimum absolute atomic E-state index is 0.103. The highest BCUT2D eigenvalue weighted by atomic mass is 35.5. The largest absolute Gasteiger partial charge is 0.483 e. The van der Waals surface area contributed by atoms with Gasteiger partial charge in [0.25, 0.3) is 5.56 Å². The third-order valence-corrected chi connectivity index (χ3v) is 5.15. The number of nitriles is 1. The average Bonchev–Trinajstić information content (AvgIpc) is 2.73. The summed E-state index contributed by atoms with van der Waals surface area (Å²) in [6.45, 7) is 4.20. The van der Waals surface area contributed by atoms with Crippen LogP contribution in [0.2, 0.25) is 5.02 Å². The van der Waals surface area contributed by atoms with Gasteiger partial charge in [-0.15, -0.1) is 0 Å². The lowest BCUT2D eigenvalue weighted by Crippen LogP contribution is -2.25. The Balaban J connectivity index is 2.03. The van der Waals surface area contributed by atoms with Gasteiger partial charge in [0.1, 0.15) is 17.4 Å². The van der Waals surface area contributed by atoms with Gasteiger partial charge in [-0.3, -0.25) is 4.79 Å². The molecule has 0 saturated heterocycles. The molecule has 0 radical (unpaired) electrons. The topological polar surface area (TPSA) is 87.5 Å². The van der Waals surface area contributed by atoms with Crippen molar-refractivity contribution in [1.29, 1.82) is 5.26 Å². The molecular weight excluding hydrogens is 402 g/mol. The second kappa shape index (κ2) is 8.05. The number of allylic oxidation sites excluding steroid dienone is 1. The molecular formula is C23H18ClN3O3. The van der Waals surface area contributed by atoms with Crippen LogP contribution in [-0.4, -0.2) is 18.0 Å². The number of pyridine rings is 1. The minimum atomic E-state index is -0.653. The highest BCUT2D eigenvalue weighted by Crippen LogP contribution is 2.44. The zero-order chi connectivity index (χ0) is 21.3. The summed E-state index contributed by atoms with van der Waals surface area (Å²) in [5.41, 5.74) is 2.66. The lowest BCUT2D eigenvalue weighted by atomic mass is 9.83. The molecule has 7 heteroatoms. The monoisotopic (exact) mass is 419 g/mol. The van der Waals surface area contributed by atoms with E-state index in [1.807, 2.05) is 32.0 Å². The summed E-state index contributed by atoms with van der Waals surface area (Å²) in [7, 11) is 0. The van der Waals surface area contributed by atoms with Crippen LogP contribution in [0.1, 0.15) is 29.5 Å². The number of benzene rings is 2. The van der Waals surface area contributed by atoms with Crippen molar-refractivity contribution in [3.8, 4) is 11.8 Å². The van der Waals surface area contributed by atoms with E-state index in [1.165, 1.54) is 6.40 Å². The summed E-state index contributed by atoms with van der Waals surface area (Å²) < 4.78 is 11.2. The van der Waals surface area contributed by atoms with E-state index in [1.54, 1.807) is 24.3 Å². The summed E-state index contributed by atoms with van der Waals surface area (Å²) in [4.78, 5) is 20.3. The van der Waals surface area contributed by atoms with Crippen LogP contribution in [0.15, 0.2) is 63.7 Å². The Bertz CT molecular complexity index is 1280. The third kappa shape index (κ3) is 3.44. The Kier molecular flexibility index (Phi) is 5.30. The van der Waals surface area contributed by atoms with Crippen molar-refractivity contribution in [2.45, 2.75) is 19.8 Å². The fraction of sp³-hybridized carbons (Fsp3) is 0.174. The van der Waals surface area contributed by atoms with Crippen LogP contribution in [0, 0.1) is 18.3 Å². The van der Waals surface area contributed by atoms with Crippen molar-refractivity contribution in [2.24, 2.45) is 4.99 Å². The van der Waals surface area contributed by atoms with Gasteiger partial charge in [0, 0.05) is 10.4 Å². The Morgan fingerprint density at radius 1 is 1.30 bits per heavy atom. The number of aliphatic imine (C=N–C) groups is 1. The number of hydrogen-bond acceptors (Lipinski definition) is 5. The quantitative estimate of drug-likeness (QED) is 0.485. The van der Waals surface area contributed by atoms with E-state index >= 15 is 0 Å². The fourth-order valence-electron chi connectivity index (χ4n) is 3.55. The molecule has 2 heterocycles. The molecule has 0 aliphatic carbocycles. The third-order valence-electron chi connectivity index (χ3n) is 4.90. The van der Waals surface area contributed by atoms with Gasteiger partial charge in [-0.05, 0) is 49.2 Å². The molecule has 0 saturated carbocycles. The highest BCUT2D eigenvalue weighted by molar-refractivity contribution is 6.30. The molecule has 1 N–H and O–H groups in total. The molecule has 2 aromatic carbocycles. The smallest absolute Gasteiger partial charge is 0.256 e. The molecule has 0 bridgehead atoms. The Labute approximate surface area is 178 Å². The molecule has 150 valence electrons. The fourth-order valence-corrected chi connectivity index (χ4v) is 3.67. The van der Waals surface area contributed by atoms with Crippen LogP contribution in [0.3, 0.4) is 0 Å². The zero-order valence-corrected chi connectivity index (χ0v) is 17.2. The van der Waals surface area contributed by atoms with Gasteiger partial charge in [-0.2, -0.15) is 10.3 Å². The number of hydrogen-bond donors (Lipinski definition) is 1. The van der Waals surface area contributed by atoms with Gasteiger partial charge >= 0.3 is 0 Å². The van der Waals surface area contributed by atoms with Gasteiger partial charge in [0.15, 0.2) is 6.40 Å². The molecule has 1 aliphatic heterocycles. The first-order valence-electron chi connectivity index (χ1n) is 9.41. The van der Waals surface area contributed by atoms with Crippen LogP contribution in [0.25, 0.3) is 10.9 Å². The number of aryl methyl sites for hydroxylation is 1. The molecule has 3 aromatic rings. The number of halogens is 1. The second-order valence-electron chi connectivity index (χ2n) is 6.85. The molecule has 1 unspecified atom stereocenters. The van der Waals surface area contributed by atoms with Crippen molar-refractivity contribution in [3.05, 3.63) is 86.0 Å². The highest BCUT2D eigenvalue weighted by Gasteiger charge is 2.35. The number of aromatic amines is 1. The van der Waals surface area contributed by atoms with Crippen molar-refractivity contribution < 1.29 is 9.47 Å². The van der Waals surface area contributed by atoms with E-state index in [0.717, 1.165) is 16.5 Å². The maximum absolute atomic E-state index is 13.1. The van der Waals surface area contributed by atoms with Crippen molar-refractivity contribution in [1.82, 2.24) is 4.98 Å². The first-order valence-corrected chi connectivity index (χ1v) is 9.79. The number of nitrogens with one attached hydrogen (secondary N) is 1. The molecule has 0 fully saturated rings. The average molecular weight is 420 g/mol. The zero-order valence-electron chi connectivity index (χ0n) is 16.4. The predicted molar refractivity (Wildman–Crippen MR) is 116 cm³/mol. The van der Waals surface area contributed by atoms with E-state index in [-0.39, 0.29) is 17.0 Å². The van der Waals surface area contributed by atoms with Crippen molar-refractivity contribution >= 4 is 28.9 Å². The number of H-pyrrole nitrogens is 1. The number of ether oxygens (including phenoxy) is 2. The Hall–Kier alpha value is -3.56. The standard InChI is InChI=1S/C23H18ClN3O3/c1-3-29-12-26-23-17(11-25)19(14-5-7-15(24)8-6-14)20-21(30-23)16-9-4-13(2)10-18(16)27-22(20)28/h4-10,12,19H,3H2,1-2H3,(H,27,28)/b26-12+. The van der Waals surface area contributed by atoms with Gasteiger partial charge < -0.3 is 14.5 Å². The van der Waals surface area contributed by atoms with E-state index < -0.39 is 5.92 Å². The first-order chi connectivity index (χ1) is 14.5. The molecule has 1 aromatic heterocycles. The Morgan fingerprint density at radius 2 is 2.07 bits per heavy atom. The second-order valence-corrected chi connectivity index (χ2v) is 7.29. The van der Waals surface area contributed by atoms with Crippen molar-refractivity contribution in [3.63, 3.8) is 0 Å². The number of rotatable bonds is 4. The van der Waals surface area contributed by atoms with Crippen LogP contribution in [-0.2, 0) is 4.74 Å². The maximum Gasteiger partial charge on any atom is 0.256 e. The number of fused-ring (bicyclic) bond motifs is 3. The number of nitrogens with zero attached hydrogens (tertiary/aromatic N) is 2. The molecule has 6 nitrogen and oxygen atoms in total. The van der Waals surface area contributed by atoms with Crippen LogP contribution >= 0.6 is 11.6 Å². The van der Waals surface area contributed by atoms with E-state index in [4.69, 9.17) is 21.1 Å². The van der Waals surface area contributed by atoms with Gasteiger partial charge in [-0.1, -0.05) is 29.8 Å². The van der Waals surface area contributed by atoms with Gasteiger partial charge in [0.2, 0.25) is 5.88 Å². The lowest BCUT2D eigenvalue weighted by Gasteiger charge is -2.26. The molecule has 4 rings (SSSR count). The lowest BCUT2D eigenvalue weighted by molar-refractivity contribution is 0.336. The van der Waals surface area contributed by atoms with E-state index in [2.05, 4.69) is 16.0 Å². The summed E-state index contributed by atoms with van der Waals surface area (Å²) >= 11 is 6.05. The Morgan fingerprint density at radius 3 is 2.77 bits per heavy atom. The molecule has 0 amide bonds. The summed E-state index contributed by atoms with van der Waals surface area (Å²) in [6.07, 6.45) is 1.25. The number of aromatic nitrogens is 1. The summed E-state index contributed by atoms with van der Waals surface area (Å²) in [6, 6.07) is 14.9. The normalized spacial score (nSPS) is 15.7. The predicted octanol–water partition coefficient (Wildman–Crippen LogP) is 4.81. The molecule has 1 aliphatic rings. The van der Waals surface area contributed by atoms with Crippen LogP contribution in [0.5, 0.6) is 5.75 Å². The van der Waals surface area contributed by atoms with E-state index in [9.17, 15) is 10.1 Å². The van der Waals surface area contributed by atoms with Gasteiger partial charge in [-0.25, -0.2) is 0 Å². The van der Waals surface area contributed by atoms with Crippen LogP contribution in [0.4, 0.5) is 0 Å². The molecule has 1 atom stereocenters. The van der Waals surface area contributed by atoms with E-state index in [0.29, 0.717) is 28.5 Å². The summed E-state index contributed by atoms with van der Waals surface area (Å²) in [5, 5.41) is 11.2. The van der Waals surface area contributed by atoms with Crippen LogP contribution < -0.4 is 10.3 Å². The maximum atomic E-state index is 13.1. The SMILES string of the molecule is CCO/C=N/C1=C(C#N)C(c2ccc(Cl)cc2)c2c(c3ccc(C)cc3[nH]c2=O)O1. The minimum Gasteiger partial charge on any atom is -0.483 e. The first kappa shape index (κ1) is 19.7.